The minimum absolute atomic E-state index is 0.304. The molecule has 0 spiro atoms. The van der Waals surface area contributed by atoms with Gasteiger partial charge in [-0.3, -0.25) is 0 Å². The number of alkyl halides is 1. The van der Waals surface area contributed by atoms with Gasteiger partial charge >= 0.3 is 5.97 Å². The number of carboxylic acid groups (broad SMARTS) is 1. The van der Waals surface area contributed by atoms with Gasteiger partial charge in [-0.05, 0) is 18.6 Å². The van der Waals surface area contributed by atoms with Crippen molar-refractivity contribution in [3.63, 3.8) is 0 Å². The standard InChI is InChI=1S/C10H12ClNO2/c1-2-10(11,9(13)14)12-8-6-4-3-5-7-8/h3-7,12H,2H2,1H3,(H,13,14). The predicted molar refractivity (Wildman–Crippen MR) is 56.6 cm³/mol. The van der Waals surface area contributed by atoms with Crippen LogP contribution in [0.15, 0.2) is 30.3 Å². The van der Waals surface area contributed by atoms with Crippen LogP contribution in [0.4, 0.5) is 5.69 Å². The zero-order chi connectivity index (χ0) is 10.6. The van der Waals surface area contributed by atoms with Gasteiger partial charge in [0.25, 0.3) is 0 Å². The molecule has 1 rings (SSSR count). The van der Waals surface area contributed by atoms with Crippen LogP contribution in [0.1, 0.15) is 13.3 Å². The molecule has 1 unspecified atom stereocenters. The third-order valence-corrected chi connectivity index (χ3v) is 2.47. The van der Waals surface area contributed by atoms with Gasteiger partial charge in [-0.25, -0.2) is 4.79 Å². The number of benzene rings is 1. The van der Waals surface area contributed by atoms with E-state index in [0.29, 0.717) is 12.1 Å². The Kier molecular flexibility index (Phi) is 3.36. The summed E-state index contributed by atoms with van der Waals surface area (Å²) >= 11 is 5.88. The summed E-state index contributed by atoms with van der Waals surface area (Å²) in [6.45, 7) is 1.72. The van der Waals surface area contributed by atoms with Gasteiger partial charge in [0.15, 0.2) is 0 Å². The molecule has 0 aliphatic rings. The van der Waals surface area contributed by atoms with E-state index in [-0.39, 0.29) is 0 Å². The fraction of sp³-hybridized carbons (Fsp3) is 0.300. The summed E-state index contributed by atoms with van der Waals surface area (Å²) in [5.74, 6) is -1.06. The highest BCUT2D eigenvalue weighted by Crippen LogP contribution is 2.22. The van der Waals surface area contributed by atoms with Crippen molar-refractivity contribution in [2.24, 2.45) is 0 Å². The first-order valence-electron chi connectivity index (χ1n) is 4.34. The van der Waals surface area contributed by atoms with Crippen LogP contribution in [0.5, 0.6) is 0 Å². The molecule has 0 fully saturated rings. The van der Waals surface area contributed by atoms with Gasteiger partial charge in [0.1, 0.15) is 0 Å². The molecule has 14 heavy (non-hydrogen) atoms. The molecule has 2 N–H and O–H groups in total. The van der Waals surface area contributed by atoms with Crippen molar-refractivity contribution < 1.29 is 9.90 Å². The fourth-order valence-corrected chi connectivity index (χ4v) is 1.15. The summed E-state index contributed by atoms with van der Waals surface area (Å²) in [6, 6.07) is 9.04. The predicted octanol–water partition coefficient (Wildman–Crippen LogP) is 2.53. The van der Waals surface area contributed by atoms with Gasteiger partial charge in [0.2, 0.25) is 5.00 Å². The van der Waals surface area contributed by atoms with Crippen LogP contribution in [0, 0.1) is 0 Å². The molecule has 0 aliphatic heterocycles. The van der Waals surface area contributed by atoms with Crippen LogP contribution in [-0.2, 0) is 4.79 Å². The van der Waals surface area contributed by atoms with Crippen molar-refractivity contribution in [3.8, 4) is 0 Å². The average molecular weight is 214 g/mol. The zero-order valence-corrected chi connectivity index (χ0v) is 8.58. The highest BCUT2D eigenvalue weighted by Gasteiger charge is 2.33. The molecular weight excluding hydrogens is 202 g/mol. The van der Waals surface area contributed by atoms with Crippen molar-refractivity contribution in [2.45, 2.75) is 18.3 Å². The van der Waals surface area contributed by atoms with E-state index in [4.69, 9.17) is 16.7 Å². The molecule has 3 nitrogen and oxygen atoms in total. The highest BCUT2D eigenvalue weighted by molar-refractivity contribution is 6.34. The van der Waals surface area contributed by atoms with Gasteiger partial charge in [-0.15, -0.1) is 0 Å². The smallest absolute Gasteiger partial charge is 0.345 e. The van der Waals surface area contributed by atoms with Crippen LogP contribution < -0.4 is 5.32 Å². The molecule has 0 bridgehead atoms. The molecule has 76 valence electrons. The van der Waals surface area contributed by atoms with E-state index in [0.717, 1.165) is 0 Å². The number of carbonyl (C=O) groups is 1. The molecule has 0 amide bonds. The molecule has 1 aromatic rings. The topological polar surface area (TPSA) is 49.3 Å². The summed E-state index contributed by atoms with van der Waals surface area (Å²) in [5, 5.41) is 11.7. The summed E-state index contributed by atoms with van der Waals surface area (Å²) in [7, 11) is 0. The minimum atomic E-state index is -1.42. The molecule has 0 saturated carbocycles. The Hall–Kier alpha value is -1.22. The first-order valence-corrected chi connectivity index (χ1v) is 4.72. The normalized spacial score (nSPS) is 14.4. The largest absolute Gasteiger partial charge is 0.479 e. The Morgan fingerprint density at radius 1 is 1.50 bits per heavy atom. The second kappa shape index (κ2) is 4.33. The molecule has 0 aromatic heterocycles. The molecule has 1 aromatic carbocycles. The van der Waals surface area contributed by atoms with E-state index >= 15 is 0 Å². The summed E-state index contributed by atoms with van der Waals surface area (Å²) < 4.78 is 0. The Labute approximate surface area is 87.7 Å². The average Bonchev–Trinajstić information content (AvgIpc) is 2.19. The highest BCUT2D eigenvalue weighted by atomic mass is 35.5. The number of para-hydroxylation sites is 1. The zero-order valence-electron chi connectivity index (χ0n) is 7.83. The van der Waals surface area contributed by atoms with Gasteiger partial charge in [-0.1, -0.05) is 36.7 Å². The van der Waals surface area contributed by atoms with Crippen LogP contribution in [-0.4, -0.2) is 16.1 Å². The summed E-state index contributed by atoms with van der Waals surface area (Å²) in [4.78, 5) is 9.45. The molecule has 0 aliphatic carbocycles. The maximum Gasteiger partial charge on any atom is 0.345 e. The lowest BCUT2D eigenvalue weighted by Gasteiger charge is -2.23. The van der Waals surface area contributed by atoms with Gasteiger partial charge < -0.3 is 10.4 Å². The van der Waals surface area contributed by atoms with E-state index in [1.807, 2.05) is 18.2 Å². The van der Waals surface area contributed by atoms with Gasteiger partial charge in [0.05, 0.1) is 0 Å². The lowest BCUT2D eigenvalue weighted by Crippen LogP contribution is -2.39. The maximum atomic E-state index is 10.9. The number of halogens is 1. The van der Waals surface area contributed by atoms with E-state index < -0.39 is 11.0 Å². The number of hydrogen-bond acceptors (Lipinski definition) is 2. The first-order chi connectivity index (χ1) is 6.58. The van der Waals surface area contributed by atoms with E-state index in [9.17, 15) is 4.79 Å². The van der Waals surface area contributed by atoms with Crippen molar-refractivity contribution in [2.75, 3.05) is 5.32 Å². The van der Waals surface area contributed by atoms with Crippen molar-refractivity contribution in [1.29, 1.82) is 0 Å². The number of carboxylic acids is 1. The van der Waals surface area contributed by atoms with Crippen molar-refractivity contribution >= 4 is 23.3 Å². The van der Waals surface area contributed by atoms with Crippen molar-refractivity contribution in [3.05, 3.63) is 30.3 Å². The van der Waals surface area contributed by atoms with Gasteiger partial charge in [-0.2, -0.15) is 0 Å². The number of nitrogens with one attached hydrogen (secondary N) is 1. The number of rotatable bonds is 4. The SMILES string of the molecule is CCC(Cl)(Nc1ccccc1)C(=O)O. The third-order valence-electron chi connectivity index (χ3n) is 1.94. The molecule has 1 atom stereocenters. The minimum Gasteiger partial charge on any atom is -0.479 e. The monoisotopic (exact) mass is 213 g/mol. The third kappa shape index (κ3) is 2.39. The number of aliphatic carboxylic acids is 1. The Morgan fingerprint density at radius 3 is 2.50 bits per heavy atom. The summed E-state index contributed by atoms with van der Waals surface area (Å²) in [6.07, 6.45) is 0.304. The first kappa shape index (κ1) is 10.9. The second-order valence-corrected chi connectivity index (χ2v) is 3.60. The quantitative estimate of drug-likeness (QED) is 0.597. The lowest BCUT2D eigenvalue weighted by atomic mass is 10.2. The number of hydrogen-bond donors (Lipinski definition) is 2. The Bertz CT molecular complexity index is 315. The molecule has 4 heteroatoms. The molecular formula is C10H12ClNO2. The number of anilines is 1. The van der Waals surface area contributed by atoms with Gasteiger partial charge in [0, 0.05) is 5.69 Å². The lowest BCUT2D eigenvalue weighted by molar-refractivity contribution is -0.139. The second-order valence-electron chi connectivity index (χ2n) is 2.95. The van der Waals surface area contributed by atoms with E-state index in [1.54, 1.807) is 19.1 Å². The van der Waals surface area contributed by atoms with Crippen LogP contribution in [0.2, 0.25) is 0 Å². The fourth-order valence-electron chi connectivity index (χ4n) is 1.04. The maximum absolute atomic E-state index is 10.9. The van der Waals surface area contributed by atoms with E-state index in [1.165, 1.54) is 0 Å². The Balaban J connectivity index is 2.81. The molecule has 0 saturated heterocycles. The van der Waals surface area contributed by atoms with E-state index in [2.05, 4.69) is 5.32 Å². The van der Waals surface area contributed by atoms with Crippen LogP contribution >= 0.6 is 11.6 Å². The van der Waals surface area contributed by atoms with Crippen LogP contribution in [0.25, 0.3) is 0 Å². The molecule has 0 heterocycles. The van der Waals surface area contributed by atoms with Crippen LogP contribution in [0.3, 0.4) is 0 Å². The van der Waals surface area contributed by atoms with Crippen molar-refractivity contribution in [1.82, 2.24) is 0 Å². The molecule has 0 radical (unpaired) electrons. The Morgan fingerprint density at radius 2 is 2.07 bits per heavy atom. The summed E-state index contributed by atoms with van der Waals surface area (Å²) in [5.41, 5.74) is 0.701.